The molecule has 0 amide bonds. The van der Waals surface area contributed by atoms with E-state index >= 15 is 0 Å². The normalized spacial score (nSPS) is 19.4. The third-order valence-corrected chi connectivity index (χ3v) is 3.72. The van der Waals surface area contributed by atoms with Crippen LogP contribution in [0.25, 0.3) is 0 Å². The van der Waals surface area contributed by atoms with Crippen molar-refractivity contribution in [1.82, 2.24) is 0 Å². The highest BCUT2D eigenvalue weighted by molar-refractivity contribution is 8.00. The van der Waals surface area contributed by atoms with E-state index < -0.39 is 0 Å². The van der Waals surface area contributed by atoms with Crippen LogP contribution in [0.3, 0.4) is 0 Å². The third-order valence-electron chi connectivity index (χ3n) is 2.52. The van der Waals surface area contributed by atoms with Gasteiger partial charge in [0, 0.05) is 16.6 Å². The molecule has 14 heavy (non-hydrogen) atoms. The average Bonchev–Trinajstić information content (AvgIpc) is 2.54. The van der Waals surface area contributed by atoms with Crippen LogP contribution in [0, 0.1) is 0 Å². The summed E-state index contributed by atoms with van der Waals surface area (Å²) in [6.45, 7) is 2.26. The Morgan fingerprint density at radius 1 is 1.57 bits per heavy atom. The van der Waals surface area contributed by atoms with E-state index in [9.17, 15) is 4.79 Å². The maximum Gasteiger partial charge on any atom is 0.120 e. The van der Waals surface area contributed by atoms with E-state index in [2.05, 4.69) is 25.1 Å². The molecule has 74 valence electrons. The minimum Gasteiger partial charge on any atom is -0.303 e. The lowest BCUT2D eigenvalue weighted by Crippen LogP contribution is -1.91. The zero-order valence-corrected chi connectivity index (χ0v) is 9.14. The Balaban J connectivity index is 2.15. The van der Waals surface area contributed by atoms with Gasteiger partial charge in [0.15, 0.2) is 0 Å². The van der Waals surface area contributed by atoms with Gasteiger partial charge in [0.25, 0.3) is 0 Å². The second-order valence-electron chi connectivity index (χ2n) is 3.78. The maximum atomic E-state index is 10.3. The molecule has 0 radical (unpaired) electrons. The average molecular weight is 206 g/mol. The highest BCUT2D eigenvalue weighted by Gasteiger charge is 2.17. The number of hydrogen-bond acceptors (Lipinski definition) is 2. The number of aldehydes is 1. The van der Waals surface area contributed by atoms with Crippen molar-refractivity contribution in [3.05, 3.63) is 29.3 Å². The summed E-state index contributed by atoms with van der Waals surface area (Å²) < 4.78 is 0. The van der Waals surface area contributed by atoms with Crippen LogP contribution >= 0.6 is 11.8 Å². The number of rotatable bonds is 3. The predicted molar refractivity (Wildman–Crippen MR) is 59.9 cm³/mol. The van der Waals surface area contributed by atoms with Gasteiger partial charge in [0.2, 0.25) is 0 Å². The van der Waals surface area contributed by atoms with Gasteiger partial charge in [-0.15, -0.1) is 11.8 Å². The van der Waals surface area contributed by atoms with Gasteiger partial charge >= 0.3 is 0 Å². The Hall–Kier alpha value is -0.760. The first-order valence-electron chi connectivity index (χ1n) is 5.01. The molecular weight excluding hydrogens is 192 g/mol. The third kappa shape index (κ3) is 2.01. The van der Waals surface area contributed by atoms with Crippen LogP contribution in [-0.2, 0) is 17.6 Å². The molecule has 0 aliphatic carbocycles. The highest BCUT2D eigenvalue weighted by Crippen LogP contribution is 2.37. The summed E-state index contributed by atoms with van der Waals surface area (Å²) in [5, 5.41) is 0.714. The molecule has 1 nitrogen and oxygen atoms in total. The molecule has 0 aromatic heterocycles. The van der Waals surface area contributed by atoms with Crippen LogP contribution in [0.2, 0.25) is 0 Å². The topological polar surface area (TPSA) is 17.1 Å². The highest BCUT2D eigenvalue weighted by atomic mass is 32.2. The molecule has 0 N–H and O–H groups in total. The summed E-state index contributed by atoms with van der Waals surface area (Å²) in [7, 11) is 0. The molecule has 1 aliphatic rings. The predicted octanol–water partition coefficient (Wildman–Crippen LogP) is 2.85. The van der Waals surface area contributed by atoms with Crippen molar-refractivity contribution < 1.29 is 4.79 Å². The summed E-state index contributed by atoms with van der Waals surface area (Å²) >= 11 is 1.95. The van der Waals surface area contributed by atoms with Crippen molar-refractivity contribution in [2.75, 3.05) is 0 Å². The van der Waals surface area contributed by atoms with E-state index in [1.807, 2.05) is 11.8 Å². The Morgan fingerprint density at radius 3 is 3.21 bits per heavy atom. The molecule has 0 spiro atoms. The van der Waals surface area contributed by atoms with Crippen molar-refractivity contribution in [2.24, 2.45) is 0 Å². The molecule has 1 unspecified atom stereocenters. The van der Waals surface area contributed by atoms with Gasteiger partial charge in [-0.3, -0.25) is 0 Å². The van der Waals surface area contributed by atoms with Crippen molar-refractivity contribution in [3.8, 4) is 0 Å². The number of hydrogen-bond donors (Lipinski definition) is 0. The van der Waals surface area contributed by atoms with Crippen molar-refractivity contribution >= 4 is 18.0 Å². The molecule has 2 heteroatoms. The summed E-state index contributed by atoms with van der Waals surface area (Å²) in [5.74, 6) is 0. The van der Waals surface area contributed by atoms with E-state index in [1.54, 1.807) is 0 Å². The first-order chi connectivity index (χ1) is 6.79. The molecule has 0 fully saturated rings. The van der Waals surface area contributed by atoms with Gasteiger partial charge < -0.3 is 4.79 Å². The Labute approximate surface area is 88.9 Å². The standard InChI is InChI=1S/C12H14OS/c1-9-7-11-5-4-10(3-2-6-13)8-12(11)14-9/h4-6,8-9H,2-3,7H2,1H3. The minimum absolute atomic E-state index is 0.638. The van der Waals surface area contributed by atoms with Crippen molar-refractivity contribution in [1.29, 1.82) is 0 Å². The quantitative estimate of drug-likeness (QED) is 0.707. The fourth-order valence-corrected chi connectivity index (χ4v) is 3.05. The number of carbonyl (C=O) groups excluding carboxylic acids is 1. The molecular formula is C12H14OS. The van der Waals surface area contributed by atoms with Gasteiger partial charge in [0.05, 0.1) is 0 Å². The number of benzene rings is 1. The fraction of sp³-hybridized carbons (Fsp3) is 0.417. The van der Waals surface area contributed by atoms with Crippen LogP contribution in [0.5, 0.6) is 0 Å². The molecule has 1 atom stereocenters. The Bertz CT molecular complexity index is 346. The lowest BCUT2D eigenvalue weighted by molar-refractivity contribution is -0.107. The Morgan fingerprint density at radius 2 is 2.43 bits per heavy atom. The van der Waals surface area contributed by atoms with E-state index in [0.717, 1.165) is 12.7 Å². The largest absolute Gasteiger partial charge is 0.303 e. The van der Waals surface area contributed by atoms with Crippen LogP contribution in [0.4, 0.5) is 0 Å². The molecule has 0 saturated heterocycles. The first kappa shape index (κ1) is 9.78. The molecule has 2 rings (SSSR count). The second kappa shape index (κ2) is 4.18. The van der Waals surface area contributed by atoms with E-state index in [4.69, 9.17) is 0 Å². The van der Waals surface area contributed by atoms with Crippen molar-refractivity contribution in [2.45, 2.75) is 36.3 Å². The lowest BCUT2D eigenvalue weighted by Gasteiger charge is -2.01. The van der Waals surface area contributed by atoms with Crippen LogP contribution in [-0.4, -0.2) is 11.5 Å². The molecule has 1 aromatic rings. The van der Waals surface area contributed by atoms with Crippen molar-refractivity contribution in [3.63, 3.8) is 0 Å². The summed E-state index contributed by atoms with van der Waals surface area (Å²) in [5.41, 5.74) is 2.76. The SMILES string of the molecule is CC1Cc2ccc(CCC=O)cc2S1. The monoisotopic (exact) mass is 206 g/mol. The summed E-state index contributed by atoms with van der Waals surface area (Å²) in [6.07, 6.45) is 3.70. The molecule has 1 heterocycles. The smallest absolute Gasteiger partial charge is 0.120 e. The minimum atomic E-state index is 0.638. The van der Waals surface area contributed by atoms with E-state index in [-0.39, 0.29) is 0 Å². The van der Waals surface area contributed by atoms with Gasteiger partial charge in [0.1, 0.15) is 6.29 Å². The van der Waals surface area contributed by atoms with Gasteiger partial charge in [-0.25, -0.2) is 0 Å². The van der Waals surface area contributed by atoms with Crippen LogP contribution < -0.4 is 0 Å². The number of carbonyl (C=O) groups is 1. The number of fused-ring (bicyclic) bond motifs is 1. The zero-order chi connectivity index (χ0) is 9.97. The molecule has 0 bridgehead atoms. The molecule has 1 aromatic carbocycles. The number of aryl methyl sites for hydroxylation is 1. The van der Waals surface area contributed by atoms with Crippen LogP contribution in [0.1, 0.15) is 24.5 Å². The van der Waals surface area contributed by atoms with Gasteiger partial charge in [-0.05, 0) is 30.0 Å². The van der Waals surface area contributed by atoms with E-state index in [0.29, 0.717) is 11.7 Å². The Kier molecular flexibility index (Phi) is 2.92. The lowest BCUT2D eigenvalue weighted by atomic mass is 10.1. The maximum absolute atomic E-state index is 10.3. The van der Waals surface area contributed by atoms with E-state index in [1.165, 1.54) is 22.4 Å². The number of thioether (sulfide) groups is 1. The van der Waals surface area contributed by atoms with Crippen LogP contribution in [0.15, 0.2) is 23.1 Å². The first-order valence-corrected chi connectivity index (χ1v) is 5.89. The summed E-state index contributed by atoms with van der Waals surface area (Å²) in [6, 6.07) is 6.61. The molecule has 1 aliphatic heterocycles. The molecule has 0 saturated carbocycles. The van der Waals surface area contributed by atoms with Gasteiger partial charge in [-0.1, -0.05) is 19.1 Å². The van der Waals surface area contributed by atoms with Gasteiger partial charge in [-0.2, -0.15) is 0 Å². The fourth-order valence-electron chi connectivity index (χ4n) is 1.83. The second-order valence-corrected chi connectivity index (χ2v) is 5.26. The summed E-state index contributed by atoms with van der Waals surface area (Å²) in [4.78, 5) is 11.7. The zero-order valence-electron chi connectivity index (χ0n) is 8.32.